The van der Waals surface area contributed by atoms with Crippen LogP contribution in [-0.2, 0) is 12.8 Å². The van der Waals surface area contributed by atoms with Crippen molar-refractivity contribution in [1.29, 1.82) is 0 Å². The Morgan fingerprint density at radius 3 is 3.00 bits per heavy atom. The fraction of sp³-hybridized carbons (Fsp3) is 0.111. The molecule has 0 fully saturated rings. The van der Waals surface area contributed by atoms with E-state index in [1.54, 1.807) is 17.8 Å². The topological polar surface area (TPSA) is 30.0 Å². The van der Waals surface area contributed by atoms with E-state index in [1.165, 1.54) is 33.2 Å². The number of aromatic nitrogens is 1. The molecule has 2 aromatic carbocycles. The van der Waals surface area contributed by atoms with E-state index in [0.717, 1.165) is 23.3 Å². The van der Waals surface area contributed by atoms with Crippen molar-refractivity contribution in [3.05, 3.63) is 69.7 Å². The van der Waals surface area contributed by atoms with Gasteiger partial charge in [0.2, 0.25) is 0 Å². The molecule has 2 nitrogen and oxygen atoms in total. The highest BCUT2D eigenvalue weighted by Gasteiger charge is 2.19. The lowest BCUT2D eigenvalue weighted by molar-refractivity contribution is 0.104. The number of hydrogen-bond acceptors (Lipinski definition) is 3. The second-order valence-corrected chi connectivity index (χ2v) is 6.13. The van der Waals surface area contributed by atoms with Crippen molar-refractivity contribution in [2.75, 3.05) is 0 Å². The number of rotatable bonds is 3. The molecule has 3 heteroatoms. The molecule has 4 rings (SSSR count). The second-order valence-electron chi connectivity index (χ2n) is 5.21. The lowest BCUT2D eigenvalue weighted by atomic mass is 9.97. The zero-order valence-corrected chi connectivity index (χ0v) is 12.2. The summed E-state index contributed by atoms with van der Waals surface area (Å²) in [4.78, 5) is 17.5. The van der Waals surface area contributed by atoms with Gasteiger partial charge in [-0.25, -0.2) is 0 Å². The first-order chi connectivity index (χ1) is 10.3. The van der Waals surface area contributed by atoms with Crippen molar-refractivity contribution in [2.24, 2.45) is 0 Å². The molecular weight excluding hydrogens is 278 g/mol. The molecule has 21 heavy (non-hydrogen) atoms. The third-order valence-corrected chi connectivity index (χ3v) is 4.74. The van der Waals surface area contributed by atoms with Gasteiger partial charge in [0.15, 0.2) is 5.78 Å². The minimum atomic E-state index is 0.0806. The molecule has 0 saturated heterocycles. The maximum absolute atomic E-state index is 12.5. The molecule has 0 spiro atoms. The zero-order chi connectivity index (χ0) is 14.2. The number of ketones is 1. The van der Waals surface area contributed by atoms with Crippen LogP contribution in [0.3, 0.4) is 0 Å². The maximum atomic E-state index is 12.5. The maximum Gasteiger partial charge on any atom is 0.186 e. The summed E-state index contributed by atoms with van der Waals surface area (Å²) in [6.07, 6.45) is 7.28. The highest BCUT2D eigenvalue weighted by atomic mass is 32.1. The highest BCUT2D eigenvalue weighted by Crippen LogP contribution is 2.33. The van der Waals surface area contributed by atoms with Crippen LogP contribution in [0.5, 0.6) is 0 Å². The molecular formula is C18H13NOS. The standard InChI is InChI=1S/C18H13NOS/c20-17(9-6-14-10-19-11-21-14)15-7-4-12-2-1-3-13-5-8-16(15)18(12)13/h1-4,6-7,9-11H,5,8H2/b9-6+. The number of hydrogen-bond donors (Lipinski definition) is 0. The highest BCUT2D eigenvalue weighted by molar-refractivity contribution is 7.10. The minimum Gasteiger partial charge on any atom is -0.289 e. The second kappa shape index (κ2) is 4.93. The summed E-state index contributed by atoms with van der Waals surface area (Å²) in [7, 11) is 0. The Morgan fingerprint density at radius 1 is 1.19 bits per heavy atom. The molecule has 102 valence electrons. The summed E-state index contributed by atoms with van der Waals surface area (Å²) in [5.74, 6) is 0.0806. The van der Waals surface area contributed by atoms with Gasteiger partial charge in [-0.05, 0) is 46.9 Å². The van der Waals surface area contributed by atoms with Crippen molar-refractivity contribution in [2.45, 2.75) is 12.8 Å². The van der Waals surface area contributed by atoms with E-state index >= 15 is 0 Å². The van der Waals surface area contributed by atoms with Crippen LogP contribution in [0.1, 0.15) is 26.4 Å². The van der Waals surface area contributed by atoms with Gasteiger partial charge in [-0.15, -0.1) is 11.3 Å². The molecule has 0 amide bonds. The van der Waals surface area contributed by atoms with E-state index in [-0.39, 0.29) is 5.78 Å². The summed E-state index contributed by atoms with van der Waals surface area (Å²) in [6, 6.07) is 10.4. The lowest BCUT2D eigenvalue weighted by Crippen LogP contribution is -1.99. The molecule has 0 unspecified atom stereocenters. The SMILES string of the molecule is O=C(/C=C/c1cncs1)c1ccc2cccc3c2c1CC3. The summed E-state index contributed by atoms with van der Waals surface area (Å²) < 4.78 is 0. The van der Waals surface area contributed by atoms with Crippen molar-refractivity contribution < 1.29 is 4.79 Å². The predicted molar refractivity (Wildman–Crippen MR) is 86.8 cm³/mol. The molecule has 0 aliphatic heterocycles. The van der Waals surface area contributed by atoms with Crippen LogP contribution in [0.2, 0.25) is 0 Å². The van der Waals surface area contributed by atoms with Crippen molar-refractivity contribution in [3.63, 3.8) is 0 Å². The van der Waals surface area contributed by atoms with Crippen LogP contribution < -0.4 is 0 Å². The molecule has 1 heterocycles. The Kier molecular flexibility index (Phi) is 2.93. The van der Waals surface area contributed by atoms with Gasteiger partial charge in [-0.3, -0.25) is 9.78 Å². The number of nitrogens with zero attached hydrogens (tertiary/aromatic N) is 1. The molecule has 3 aromatic rings. The molecule has 0 saturated carbocycles. The first kappa shape index (κ1) is 12.5. The average molecular weight is 291 g/mol. The van der Waals surface area contributed by atoms with Gasteiger partial charge < -0.3 is 0 Å². The van der Waals surface area contributed by atoms with Gasteiger partial charge in [0.1, 0.15) is 0 Å². The van der Waals surface area contributed by atoms with Gasteiger partial charge in [-0.2, -0.15) is 0 Å². The van der Waals surface area contributed by atoms with E-state index in [2.05, 4.69) is 29.2 Å². The first-order valence-electron chi connectivity index (χ1n) is 6.97. The largest absolute Gasteiger partial charge is 0.289 e. The first-order valence-corrected chi connectivity index (χ1v) is 7.85. The van der Waals surface area contributed by atoms with E-state index in [0.29, 0.717) is 0 Å². The Labute approximate surface area is 126 Å². The van der Waals surface area contributed by atoms with Gasteiger partial charge in [0.05, 0.1) is 5.51 Å². The number of benzene rings is 2. The normalized spacial score (nSPS) is 13.3. The van der Waals surface area contributed by atoms with Crippen LogP contribution in [0.15, 0.2) is 48.1 Å². The third-order valence-electron chi connectivity index (χ3n) is 4.00. The summed E-state index contributed by atoms with van der Waals surface area (Å²) >= 11 is 1.53. The number of allylic oxidation sites excluding steroid dienone is 1. The summed E-state index contributed by atoms with van der Waals surface area (Å²) in [5, 5.41) is 2.53. The molecule has 0 atom stereocenters. The number of carbonyl (C=O) groups is 1. The van der Waals surface area contributed by atoms with Crippen LogP contribution in [0.4, 0.5) is 0 Å². The third kappa shape index (κ3) is 2.10. The number of aryl methyl sites for hydroxylation is 2. The van der Waals surface area contributed by atoms with E-state index in [4.69, 9.17) is 0 Å². The fourth-order valence-corrected chi connectivity index (χ4v) is 3.56. The molecule has 0 N–H and O–H groups in total. The van der Waals surface area contributed by atoms with E-state index < -0.39 is 0 Å². The molecule has 1 aromatic heterocycles. The fourth-order valence-electron chi connectivity index (χ4n) is 3.05. The Bertz CT molecular complexity index is 862. The Hall–Kier alpha value is -2.26. The number of carbonyl (C=O) groups excluding carboxylic acids is 1. The van der Waals surface area contributed by atoms with Crippen molar-refractivity contribution >= 4 is 34.0 Å². The van der Waals surface area contributed by atoms with E-state index in [1.807, 2.05) is 12.1 Å². The minimum absolute atomic E-state index is 0.0806. The molecule has 1 aliphatic rings. The lowest BCUT2D eigenvalue weighted by Gasteiger charge is -2.06. The van der Waals surface area contributed by atoms with Crippen LogP contribution >= 0.6 is 11.3 Å². The Morgan fingerprint density at radius 2 is 2.14 bits per heavy atom. The van der Waals surface area contributed by atoms with Crippen molar-refractivity contribution in [1.82, 2.24) is 4.98 Å². The number of thiazole rings is 1. The monoisotopic (exact) mass is 291 g/mol. The van der Waals surface area contributed by atoms with Gasteiger partial charge in [0.25, 0.3) is 0 Å². The molecule has 0 bridgehead atoms. The van der Waals surface area contributed by atoms with Gasteiger partial charge >= 0.3 is 0 Å². The molecule has 0 radical (unpaired) electrons. The van der Waals surface area contributed by atoms with Crippen LogP contribution in [0, 0.1) is 0 Å². The average Bonchev–Trinajstić information content (AvgIpc) is 3.16. The predicted octanol–water partition coefficient (Wildman–Crippen LogP) is 4.29. The van der Waals surface area contributed by atoms with Crippen LogP contribution in [-0.4, -0.2) is 10.8 Å². The van der Waals surface area contributed by atoms with Gasteiger partial charge in [0, 0.05) is 16.6 Å². The van der Waals surface area contributed by atoms with Gasteiger partial charge in [-0.1, -0.05) is 30.3 Å². The summed E-state index contributed by atoms with van der Waals surface area (Å²) in [6.45, 7) is 0. The van der Waals surface area contributed by atoms with E-state index in [9.17, 15) is 4.79 Å². The molecule has 1 aliphatic carbocycles. The van der Waals surface area contributed by atoms with Crippen LogP contribution in [0.25, 0.3) is 16.8 Å². The smallest absolute Gasteiger partial charge is 0.186 e. The Balaban J connectivity index is 1.77. The van der Waals surface area contributed by atoms with Crippen molar-refractivity contribution in [3.8, 4) is 0 Å². The quantitative estimate of drug-likeness (QED) is 0.532. The summed E-state index contributed by atoms with van der Waals surface area (Å²) in [5.41, 5.74) is 5.19. The zero-order valence-electron chi connectivity index (χ0n) is 11.4.